The normalized spacial score (nSPS) is 16.1. The number of ether oxygens (including phenoxy) is 1. The van der Waals surface area contributed by atoms with Crippen molar-refractivity contribution < 1.29 is 9.53 Å². The Balaban J connectivity index is 0.000000397. The topological polar surface area (TPSA) is 29.5 Å². The van der Waals surface area contributed by atoms with Crippen LogP contribution in [0.3, 0.4) is 0 Å². The van der Waals surface area contributed by atoms with E-state index in [1.54, 1.807) is 4.90 Å². The fraction of sp³-hybridized carbons (Fsp3) is 0.320. The van der Waals surface area contributed by atoms with E-state index in [4.69, 9.17) is 4.74 Å². The molecule has 0 N–H and O–H groups in total. The van der Waals surface area contributed by atoms with Gasteiger partial charge in [0, 0.05) is 6.54 Å². The van der Waals surface area contributed by atoms with Gasteiger partial charge in [-0.05, 0) is 39.2 Å². The molecule has 3 heteroatoms. The van der Waals surface area contributed by atoms with Crippen LogP contribution in [-0.2, 0) is 4.74 Å². The van der Waals surface area contributed by atoms with E-state index < -0.39 is 0 Å². The van der Waals surface area contributed by atoms with Gasteiger partial charge in [-0.2, -0.15) is 0 Å². The average molecular weight is 378 g/mol. The molecule has 1 fully saturated rings. The van der Waals surface area contributed by atoms with Crippen molar-refractivity contribution in [1.82, 2.24) is 4.90 Å². The van der Waals surface area contributed by atoms with Gasteiger partial charge in [0.25, 0.3) is 0 Å². The van der Waals surface area contributed by atoms with Crippen molar-refractivity contribution in [3.8, 4) is 0 Å². The zero-order valence-corrected chi connectivity index (χ0v) is 17.2. The fourth-order valence-electron chi connectivity index (χ4n) is 2.93. The molecule has 0 spiro atoms. The zero-order chi connectivity index (χ0) is 20.2. The average Bonchev–Trinajstić information content (AvgIpc) is 3.09. The van der Waals surface area contributed by atoms with Gasteiger partial charge in [-0.3, -0.25) is 4.90 Å². The van der Waals surface area contributed by atoms with Crippen LogP contribution < -0.4 is 0 Å². The van der Waals surface area contributed by atoms with E-state index in [0.29, 0.717) is 13.2 Å². The van der Waals surface area contributed by atoms with Gasteiger partial charge < -0.3 is 4.74 Å². The van der Waals surface area contributed by atoms with E-state index in [9.17, 15) is 4.79 Å². The van der Waals surface area contributed by atoms with Gasteiger partial charge in [0.1, 0.15) is 6.61 Å². The van der Waals surface area contributed by atoms with E-state index in [0.717, 1.165) is 18.4 Å². The molecule has 2 aromatic rings. The Hall–Kier alpha value is -2.81. The molecule has 0 radical (unpaired) electrons. The third-order valence-electron chi connectivity index (χ3n) is 4.55. The minimum Gasteiger partial charge on any atom is -0.447 e. The summed E-state index contributed by atoms with van der Waals surface area (Å²) in [5, 5.41) is 0. The first-order valence-electron chi connectivity index (χ1n) is 9.85. The van der Waals surface area contributed by atoms with Crippen molar-refractivity contribution in [1.29, 1.82) is 0 Å². The van der Waals surface area contributed by atoms with Crippen molar-refractivity contribution in [3.05, 3.63) is 95.6 Å². The molecule has 1 atom stereocenters. The second-order valence-electron chi connectivity index (χ2n) is 7.18. The van der Waals surface area contributed by atoms with E-state index >= 15 is 0 Å². The Morgan fingerprint density at radius 2 is 1.54 bits per heavy atom. The van der Waals surface area contributed by atoms with Crippen molar-refractivity contribution >= 4 is 6.09 Å². The summed E-state index contributed by atoms with van der Waals surface area (Å²) in [6.45, 7) is 7.40. The molecule has 28 heavy (non-hydrogen) atoms. The van der Waals surface area contributed by atoms with Gasteiger partial charge in [-0.25, -0.2) is 4.79 Å². The van der Waals surface area contributed by atoms with E-state index in [1.807, 2.05) is 66.7 Å². The van der Waals surface area contributed by atoms with Crippen molar-refractivity contribution in [2.24, 2.45) is 0 Å². The third-order valence-corrected chi connectivity index (χ3v) is 4.55. The molecule has 1 aliphatic heterocycles. The summed E-state index contributed by atoms with van der Waals surface area (Å²) in [6, 6.07) is 22.1. The second kappa shape index (κ2) is 11.8. The molecule has 0 unspecified atom stereocenters. The van der Waals surface area contributed by atoms with Gasteiger partial charge in [-0.1, -0.05) is 90.0 Å². The van der Waals surface area contributed by atoms with Crippen LogP contribution in [0.2, 0.25) is 0 Å². The smallest absolute Gasteiger partial charge is 0.410 e. The zero-order valence-electron chi connectivity index (χ0n) is 17.2. The molecular weight excluding hydrogens is 346 g/mol. The van der Waals surface area contributed by atoms with Gasteiger partial charge in [-0.15, -0.1) is 0 Å². The number of nitrogens with zero attached hydrogens (tertiary/aromatic N) is 1. The summed E-state index contributed by atoms with van der Waals surface area (Å²) in [7, 11) is 0. The SMILES string of the molecule is CC(C)=CCC/C(C)=C/CN1C(=O)OC[C@H]1c1ccccc1.c1ccccc1. The number of carbonyl (C=O) groups excluding carboxylic acids is 1. The first-order chi connectivity index (χ1) is 13.6. The summed E-state index contributed by atoms with van der Waals surface area (Å²) in [4.78, 5) is 13.7. The van der Waals surface area contributed by atoms with Crippen LogP contribution in [0.4, 0.5) is 4.79 Å². The van der Waals surface area contributed by atoms with Crippen LogP contribution >= 0.6 is 0 Å². The van der Waals surface area contributed by atoms with Crippen molar-refractivity contribution in [2.75, 3.05) is 13.2 Å². The van der Waals surface area contributed by atoms with E-state index in [2.05, 4.69) is 32.9 Å². The number of allylic oxidation sites excluding steroid dienone is 3. The summed E-state index contributed by atoms with van der Waals surface area (Å²) in [5.74, 6) is 0. The number of cyclic esters (lactones) is 1. The maximum absolute atomic E-state index is 11.9. The van der Waals surface area contributed by atoms with Gasteiger partial charge >= 0.3 is 6.09 Å². The lowest BCUT2D eigenvalue weighted by Crippen LogP contribution is -2.27. The summed E-state index contributed by atoms with van der Waals surface area (Å²) in [6.07, 6.45) is 6.25. The first-order valence-corrected chi connectivity index (χ1v) is 9.85. The fourth-order valence-corrected chi connectivity index (χ4v) is 2.93. The highest BCUT2D eigenvalue weighted by Gasteiger charge is 2.32. The molecule has 3 rings (SSSR count). The highest BCUT2D eigenvalue weighted by atomic mass is 16.6. The van der Waals surface area contributed by atoms with Crippen LogP contribution in [-0.4, -0.2) is 24.1 Å². The molecule has 3 nitrogen and oxygen atoms in total. The molecule has 0 bridgehead atoms. The second-order valence-corrected chi connectivity index (χ2v) is 7.18. The van der Waals surface area contributed by atoms with Crippen LogP contribution in [0.5, 0.6) is 0 Å². The molecular formula is C25H31NO2. The minimum absolute atomic E-state index is 0.0236. The maximum Gasteiger partial charge on any atom is 0.410 e. The van der Waals surface area contributed by atoms with Crippen LogP contribution in [0, 0.1) is 0 Å². The van der Waals surface area contributed by atoms with Gasteiger partial charge in [0.05, 0.1) is 6.04 Å². The monoisotopic (exact) mass is 377 g/mol. The summed E-state index contributed by atoms with van der Waals surface area (Å²) in [5.41, 5.74) is 3.79. The Bertz CT molecular complexity index is 735. The van der Waals surface area contributed by atoms with Crippen molar-refractivity contribution in [3.63, 3.8) is 0 Å². The lowest BCUT2D eigenvalue weighted by Gasteiger charge is -2.20. The highest BCUT2D eigenvalue weighted by molar-refractivity contribution is 5.70. The molecule has 1 heterocycles. The van der Waals surface area contributed by atoms with Crippen molar-refractivity contribution in [2.45, 2.75) is 39.7 Å². The van der Waals surface area contributed by atoms with E-state index in [1.165, 1.54) is 11.1 Å². The maximum atomic E-state index is 11.9. The molecule has 0 aromatic heterocycles. The Kier molecular flexibility index (Phi) is 9.06. The quantitative estimate of drug-likeness (QED) is 0.534. The number of carbonyl (C=O) groups is 1. The molecule has 0 aliphatic carbocycles. The predicted octanol–water partition coefficient (Wildman–Crippen LogP) is 6.56. The Labute approximate surface area is 169 Å². The third kappa shape index (κ3) is 7.43. The summed E-state index contributed by atoms with van der Waals surface area (Å²) >= 11 is 0. The number of rotatable bonds is 6. The largest absolute Gasteiger partial charge is 0.447 e. The molecule has 0 saturated carbocycles. The lowest BCUT2D eigenvalue weighted by molar-refractivity contribution is 0.160. The van der Waals surface area contributed by atoms with Crippen LogP contribution in [0.15, 0.2) is 90.0 Å². The minimum atomic E-state index is -0.220. The Morgan fingerprint density at radius 1 is 0.964 bits per heavy atom. The molecule has 2 aromatic carbocycles. The lowest BCUT2D eigenvalue weighted by atomic mass is 10.1. The van der Waals surface area contributed by atoms with Crippen LogP contribution in [0.1, 0.15) is 45.2 Å². The molecule has 1 aliphatic rings. The first kappa shape index (κ1) is 21.5. The number of hydrogen-bond donors (Lipinski definition) is 0. The number of amides is 1. The summed E-state index contributed by atoms with van der Waals surface area (Å²) < 4.78 is 5.23. The number of benzene rings is 2. The van der Waals surface area contributed by atoms with Crippen LogP contribution in [0.25, 0.3) is 0 Å². The van der Waals surface area contributed by atoms with Gasteiger partial charge in [0.2, 0.25) is 0 Å². The van der Waals surface area contributed by atoms with Gasteiger partial charge in [0.15, 0.2) is 0 Å². The predicted molar refractivity (Wildman–Crippen MR) is 116 cm³/mol. The number of hydrogen-bond acceptors (Lipinski definition) is 2. The molecule has 1 saturated heterocycles. The Morgan fingerprint density at radius 3 is 2.11 bits per heavy atom. The van der Waals surface area contributed by atoms with E-state index in [-0.39, 0.29) is 12.1 Å². The standard InChI is InChI=1S/C19H25NO2.C6H6/c1-15(2)8-7-9-16(3)12-13-20-18(14-22-19(20)21)17-10-5-4-6-11-17;1-2-4-6-5-3-1/h4-6,8,10-12,18H,7,9,13-14H2,1-3H3;1-6H/b16-12+;/t18-;/m0./s1. The highest BCUT2D eigenvalue weighted by Crippen LogP contribution is 2.27. The molecule has 148 valence electrons. The molecule has 1 amide bonds.